The van der Waals surface area contributed by atoms with Crippen molar-refractivity contribution in [2.24, 2.45) is 7.05 Å². The van der Waals surface area contributed by atoms with Crippen LogP contribution in [0.5, 0.6) is 0 Å². The number of benzene rings is 1. The zero-order chi connectivity index (χ0) is 11.8. The molecule has 2 nitrogen and oxygen atoms in total. The molecule has 0 unspecified atom stereocenters. The fourth-order valence-corrected chi connectivity index (χ4v) is 2.74. The molecule has 0 atom stereocenters. The highest BCUT2D eigenvalue weighted by atomic mass is 79.9. The number of hydrogen-bond acceptors (Lipinski definition) is 1. The van der Waals surface area contributed by atoms with E-state index in [9.17, 15) is 0 Å². The quantitative estimate of drug-likeness (QED) is 0.775. The normalized spacial score (nSPS) is 15.9. The fourth-order valence-electron chi connectivity index (χ4n) is 2.24. The minimum absolute atomic E-state index is 1.06. The third kappa shape index (κ3) is 2.07. The van der Waals surface area contributed by atoms with Crippen LogP contribution in [0.4, 0.5) is 0 Å². The van der Waals surface area contributed by atoms with E-state index >= 15 is 0 Å². The van der Waals surface area contributed by atoms with Crippen molar-refractivity contribution in [1.82, 2.24) is 9.78 Å². The number of aryl methyl sites for hydroxylation is 1. The summed E-state index contributed by atoms with van der Waals surface area (Å²) in [6.45, 7) is 0. The van der Waals surface area contributed by atoms with Crippen LogP contribution < -0.4 is 0 Å². The molecule has 0 aliphatic heterocycles. The van der Waals surface area contributed by atoms with Gasteiger partial charge in [0.25, 0.3) is 0 Å². The molecule has 86 valence electrons. The molecule has 0 amide bonds. The van der Waals surface area contributed by atoms with E-state index in [1.54, 1.807) is 0 Å². The third-order valence-corrected chi connectivity index (χ3v) is 3.61. The van der Waals surface area contributed by atoms with Crippen molar-refractivity contribution >= 4 is 32.4 Å². The predicted octanol–water partition coefficient (Wildman–Crippen LogP) is 4.03. The fraction of sp³-hybridized carbons (Fsp3) is 0.214. The smallest absolute Gasteiger partial charge is 0.0923 e. The van der Waals surface area contributed by atoms with Gasteiger partial charge in [-0.3, -0.25) is 4.68 Å². The second kappa shape index (κ2) is 4.15. The molecule has 3 heteroatoms. The molecule has 0 bridgehead atoms. The molecule has 0 fully saturated rings. The van der Waals surface area contributed by atoms with Gasteiger partial charge in [-0.15, -0.1) is 0 Å². The zero-order valence-electron chi connectivity index (χ0n) is 9.65. The van der Waals surface area contributed by atoms with Crippen LogP contribution in [-0.4, -0.2) is 9.78 Å². The van der Waals surface area contributed by atoms with Gasteiger partial charge in [0.15, 0.2) is 0 Å². The Labute approximate surface area is 109 Å². The number of aromatic nitrogens is 2. The number of hydrogen-bond donors (Lipinski definition) is 0. The van der Waals surface area contributed by atoms with E-state index in [0.717, 1.165) is 18.4 Å². The Hall–Kier alpha value is -1.35. The highest BCUT2D eigenvalue weighted by Crippen LogP contribution is 2.30. The minimum Gasteiger partial charge on any atom is -0.275 e. The van der Waals surface area contributed by atoms with E-state index in [2.05, 4.69) is 57.6 Å². The molecular weight excluding hydrogens is 276 g/mol. The predicted molar refractivity (Wildman–Crippen MR) is 74.9 cm³/mol. The number of halogens is 1. The molecule has 3 rings (SSSR count). The van der Waals surface area contributed by atoms with Crippen molar-refractivity contribution in [2.45, 2.75) is 12.8 Å². The Morgan fingerprint density at radius 1 is 1.35 bits per heavy atom. The molecule has 2 aromatic rings. The van der Waals surface area contributed by atoms with Crippen molar-refractivity contribution in [3.05, 3.63) is 46.6 Å². The molecule has 0 N–H and O–H groups in total. The topological polar surface area (TPSA) is 17.8 Å². The van der Waals surface area contributed by atoms with Crippen molar-refractivity contribution in [3.8, 4) is 0 Å². The summed E-state index contributed by atoms with van der Waals surface area (Å²) in [7, 11) is 1.96. The first-order valence-corrected chi connectivity index (χ1v) is 6.52. The Morgan fingerprint density at radius 3 is 3.06 bits per heavy atom. The van der Waals surface area contributed by atoms with E-state index in [1.807, 2.05) is 11.7 Å². The SMILES string of the molecule is Cn1cc2cc(C3=CC(Br)=CCC3)ccc2n1. The number of rotatable bonds is 1. The van der Waals surface area contributed by atoms with Gasteiger partial charge in [0.1, 0.15) is 0 Å². The Bertz CT molecular complexity index is 635. The summed E-state index contributed by atoms with van der Waals surface area (Å²) in [5, 5.41) is 5.60. The number of nitrogens with zero attached hydrogens (tertiary/aromatic N) is 2. The van der Waals surface area contributed by atoms with Crippen molar-refractivity contribution in [2.75, 3.05) is 0 Å². The lowest BCUT2D eigenvalue weighted by molar-refractivity contribution is 0.780. The number of allylic oxidation sites excluding steroid dienone is 4. The lowest BCUT2D eigenvalue weighted by atomic mass is 9.97. The summed E-state index contributed by atoms with van der Waals surface area (Å²) >= 11 is 3.55. The number of fused-ring (bicyclic) bond motifs is 1. The van der Waals surface area contributed by atoms with Crippen LogP contribution in [0, 0.1) is 0 Å². The first kappa shape index (κ1) is 10.8. The molecule has 1 aromatic heterocycles. The van der Waals surface area contributed by atoms with E-state index in [1.165, 1.54) is 21.0 Å². The highest BCUT2D eigenvalue weighted by molar-refractivity contribution is 9.11. The second-order valence-electron chi connectivity index (χ2n) is 4.37. The van der Waals surface area contributed by atoms with Crippen LogP contribution in [0.1, 0.15) is 18.4 Å². The monoisotopic (exact) mass is 288 g/mol. The minimum atomic E-state index is 1.06. The molecule has 17 heavy (non-hydrogen) atoms. The highest BCUT2D eigenvalue weighted by Gasteiger charge is 2.08. The molecule has 1 aliphatic rings. The standard InChI is InChI=1S/C14H13BrN2/c1-17-9-12-7-11(5-6-14(12)16-17)10-3-2-4-13(15)8-10/h4-9H,2-3H2,1H3. The average Bonchev–Trinajstić information content (AvgIpc) is 2.68. The van der Waals surface area contributed by atoms with Gasteiger partial charge in [-0.2, -0.15) is 5.10 Å². The summed E-state index contributed by atoms with van der Waals surface area (Å²) in [4.78, 5) is 0. The van der Waals surface area contributed by atoms with E-state index in [0.29, 0.717) is 0 Å². The van der Waals surface area contributed by atoms with E-state index in [-0.39, 0.29) is 0 Å². The lowest BCUT2D eigenvalue weighted by Crippen LogP contribution is -1.89. The molecule has 1 heterocycles. The maximum atomic E-state index is 4.39. The van der Waals surface area contributed by atoms with Gasteiger partial charge < -0.3 is 0 Å². The summed E-state index contributed by atoms with van der Waals surface area (Å²) in [5.41, 5.74) is 3.75. The van der Waals surface area contributed by atoms with Crippen LogP contribution >= 0.6 is 15.9 Å². The average molecular weight is 289 g/mol. The molecule has 1 aliphatic carbocycles. The van der Waals surface area contributed by atoms with E-state index in [4.69, 9.17) is 0 Å². The van der Waals surface area contributed by atoms with Crippen molar-refractivity contribution < 1.29 is 0 Å². The molecule has 0 spiro atoms. The summed E-state index contributed by atoms with van der Waals surface area (Å²) in [5.74, 6) is 0. The van der Waals surface area contributed by atoms with Crippen LogP contribution in [0.2, 0.25) is 0 Å². The summed E-state index contributed by atoms with van der Waals surface area (Å²) < 4.78 is 3.05. The van der Waals surface area contributed by atoms with Crippen LogP contribution in [0.3, 0.4) is 0 Å². The molecule has 0 saturated heterocycles. The van der Waals surface area contributed by atoms with Gasteiger partial charge in [0.05, 0.1) is 5.52 Å². The summed E-state index contributed by atoms with van der Waals surface area (Å²) in [6, 6.07) is 6.48. The third-order valence-electron chi connectivity index (χ3n) is 3.05. The molecular formula is C14H13BrN2. The van der Waals surface area contributed by atoms with Crippen molar-refractivity contribution in [1.29, 1.82) is 0 Å². The molecule has 0 radical (unpaired) electrons. The molecule has 0 saturated carbocycles. The van der Waals surface area contributed by atoms with Gasteiger partial charge >= 0.3 is 0 Å². The first-order valence-electron chi connectivity index (χ1n) is 5.72. The molecule has 1 aromatic carbocycles. The van der Waals surface area contributed by atoms with Crippen LogP contribution in [0.15, 0.2) is 41.0 Å². The zero-order valence-corrected chi connectivity index (χ0v) is 11.2. The van der Waals surface area contributed by atoms with Gasteiger partial charge in [-0.05, 0) is 42.2 Å². The van der Waals surface area contributed by atoms with Crippen LogP contribution in [-0.2, 0) is 7.05 Å². The Kier molecular flexibility index (Phi) is 2.63. The Balaban J connectivity index is 2.08. The van der Waals surface area contributed by atoms with Gasteiger partial charge in [0, 0.05) is 23.1 Å². The van der Waals surface area contributed by atoms with Crippen LogP contribution in [0.25, 0.3) is 16.5 Å². The maximum absolute atomic E-state index is 4.39. The first-order chi connectivity index (χ1) is 8.22. The summed E-state index contributed by atoms with van der Waals surface area (Å²) in [6.07, 6.45) is 8.71. The van der Waals surface area contributed by atoms with Gasteiger partial charge in [-0.25, -0.2) is 0 Å². The van der Waals surface area contributed by atoms with E-state index < -0.39 is 0 Å². The maximum Gasteiger partial charge on any atom is 0.0923 e. The Morgan fingerprint density at radius 2 is 2.24 bits per heavy atom. The van der Waals surface area contributed by atoms with Crippen molar-refractivity contribution in [3.63, 3.8) is 0 Å². The lowest BCUT2D eigenvalue weighted by Gasteiger charge is -2.11. The van der Waals surface area contributed by atoms with Gasteiger partial charge in [0.2, 0.25) is 0 Å². The largest absolute Gasteiger partial charge is 0.275 e. The second-order valence-corrected chi connectivity index (χ2v) is 5.29. The van der Waals surface area contributed by atoms with Gasteiger partial charge in [-0.1, -0.05) is 28.1 Å².